The molecule has 0 amide bonds. The molecule has 1 aliphatic carbocycles. The SMILES string of the molecule is CCn1c(=O)c(-c2ccc(-c3cncs3)cc2Cl)cc2cnc(Nc3ccc(N4CCN(C5CC5)CC4)cc3)cc21. The molecule has 41 heavy (non-hydrogen) atoms. The first-order valence-corrected chi connectivity index (χ1v) is 15.4. The second-order valence-electron chi connectivity index (χ2n) is 10.7. The summed E-state index contributed by atoms with van der Waals surface area (Å²) in [6, 6.07) is 19.0. The molecule has 2 aromatic carbocycles. The fourth-order valence-electron chi connectivity index (χ4n) is 5.78. The molecule has 0 bridgehead atoms. The van der Waals surface area contributed by atoms with Gasteiger partial charge in [0.15, 0.2) is 0 Å². The maximum absolute atomic E-state index is 13.6. The molecule has 4 heterocycles. The van der Waals surface area contributed by atoms with Gasteiger partial charge in [-0.05, 0) is 61.7 Å². The van der Waals surface area contributed by atoms with Gasteiger partial charge in [-0.3, -0.25) is 14.7 Å². The molecule has 0 unspecified atom stereocenters. The molecule has 7 nitrogen and oxygen atoms in total. The van der Waals surface area contributed by atoms with Crippen LogP contribution in [0.25, 0.3) is 32.5 Å². The minimum atomic E-state index is -0.0734. The van der Waals surface area contributed by atoms with Crippen molar-refractivity contribution in [3.05, 3.63) is 87.9 Å². The zero-order valence-corrected chi connectivity index (χ0v) is 24.5. The van der Waals surface area contributed by atoms with Crippen molar-refractivity contribution in [2.75, 3.05) is 36.4 Å². The highest BCUT2D eigenvalue weighted by atomic mass is 35.5. The number of rotatable bonds is 7. The van der Waals surface area contributed by atoms with Crippen molar-refractivity contribution < 1.29 is 0 Å². The Hall–Kier alpha value is -3.72. The molecule has 9 heteroatoms. The van der Waals surface area contributed by atoms with E-state index in [9.17, 15) is 4.79 Å². The van der Waals surface area contributed by atoms with Gasteiger partial charge in [0.05, 0.1) is 15.9 Å². The van der Waals surface area contributed by atoms with Gasteiger partial charge in [0.25, 0.3) is 5.56 Å². The van der Waals surface area contributed by atoms with Gasteiger partial charge in [-0.25, -0.2) is 4.98 Å². The number of anilines is 3. The van der Waals surface area contributed by atoms with E-state index in [-0.39, 0.29) is 5.56 Å². The molecule has 3 aromatic heterocycles. The van der Waals surface area contributed by atoms with Gasteiger partial charge >= 0.3 is 0 Å². The number of piperazine rings is 1. The number of nitrogens with one attached hydrogen (secondary N) is 1. The molecular formula is C32H31ClN6OS. The van der Waals surface area contributed by atoms with Crippen LogP contribution in [-0.4, -0.2) is 51.7 Å². The van der Waals surface area contributed by atoms with Crippen LogP contribution >= 0.6 is 22.9 Å². The number of halogens is 1. The van der Waals surface area contributed by atoms with Crippen LogP contribution in [0.15, 0.2) is 77.3 Å². The van der Waals surface area contributed by atoms with Gasteiger partial charge in [-0.1, -0.05) is 23.7 Å². The highest BCUT2D eigenvalue weighted by molar-refractivity contribution is 7.13. The maximum Gasteiger partial charge on any atom is 0.258 e. The molecule has 208 valence electrons. The van der Waals surface area contributed by atoms with E-state index in [0.717, 1.165) is 59.3 Å². The first kappa shape index (κ1) is 26.2. The van der Waals surface area contributed by atoms with Gasteiger partial charge < -0.3 is 14.8 Å². The Morgan fingerprint density at radius 1 is 0.976 bits per heavy atom. The van der Waals surface area contributed by atoms with Gasteiger partial charge in [0, 0.05) is 90.1 Å². The van der Waals surface area contributed by atoms with E-state index in [2.05, 4.69) is 49.4 Å². The summed E-state index contributed by atoms with van der Waals surface area (Å²) in [4.78, 5) is 28.6. The average molecular weight is 583 g/mol. The number of nitrogens with zero attached hydrogens (tertiary/aromatic N) is 5. The minimum absolute atomic E-state index is 0.0734. The molecule has 0 atom stereocenters. The van der Waals surface area contributed by atoms with Crippen LogP contribution in [0.1, 0.15) is 19.8 Å². The highest BCUT2D eigenvalue weighted by Crippen LogP contribution is 2.34. The van der Waals surface area contributed by atoms with Crippen LogP contribution in [0.5, 0.6) is 0 Å². The van der Waals surface area contributed by atoms with Gasteiger partial charge in [-0.2, -0.15) is 0 Å². The molecule has 0 radical (unpaired) electrons. The van der Waals surface area contributed by atoms with E-state index < -0.39 is 0 Å². The molecule has 1 saturated carbocycles. The molecule has 7 rings (SSSR count). The first-order chi connectivity index (χ1) is 20.1. The number of hydrogen-bond donors (Lipinski definition) is 1. The fourth-order valence-corrected chi connectivity index (χ4v) is 6.68. The molecule has 1 N–H and O–H groups in total. The number of pyridine rings is 2. The van der Waals surface area contributed by atoms with E-state index in [1.807, 2.05) is 49.6 Å². The van der Waals surface area contributed by atoms with Crippen molar-refractivity contribution in [3.8, 4) is 21.6 Å². The van der Waals surface area contributed by atoms with Crippen molar-refractivity contribution in [2.24, 2.45) is 0 Å². The van der Waals surface area contributed by atoms with Crippen molar-refractivity contribution >= 4 is 51.0 Å². The van der Waals surface area contributed by atoms with Gasteiger partial charge in [0.2, 0.25) is 0 Å². The molecule has 0 spiro atoms. The first-order valence-electron chi connectivity index (χ1n) is 14.2. The van der Waals surface area contributed by atoms with Crippen LogP contribution < -0.4 is 15.8 Å². The molecule has 2 aliphatic rings. The standard InChI is InChI=1S/C32H31ClN6OS/c1-2-39-29-17-31(36-23-4-6-24(7-5-23)37-11-13-38(14-12-37)25-8-9-25)35-18-22(29)15-27(32(39)40)26-10-3-21(16-28(26)33)30-19-34-20-41-30/h3-7,10,15-20,25H,2,8-9,11-14H2,1H3,(H,35,36). The molecular weight excluding hydrogens is 552 g/mol. The predicted octanol–water partition coefficient (Wildman–Crippen LogP) is 6.89. The van der Waals surface area contributed by atoms with E-state index in [1.165, 1.54) is 18.5 Å². The summed E-state index contributed by atoms with van der Waals surface area (Å²) in [7, 11) is 0. The lowest BCUT2D eigenvalue weighted by Gasteiger charge is -2.36. The summed E-state index contributed by atoms with van der Waals surface area (Å²) in [5, 5.41) is 4.84. The van der Waals surface area contributed by atoms with Crippen LogP contribution in [0, 0.1) is 0 Å². The normalized spacial score (nSPS) is 15.9. The topological polar surface area (TPSA) is 66.3 Å². The largest absolute Gasteiger partial charge is 0.369 e. The quantitative estimate of drug-likeness (QED) is 0.225. The second-order valence-corrected chi connectivity index (χ2v) is 12.0. The van der Waals surface area contributed by atoms with Crippen LogP contribution in [0.4, 0.5) is 17.2 Å². The molecule has 1 saturated heterocycles. The van der Waals surface area contributed by atoms with Crippen molar-refractivity contribution in [1.29, 1.82) is 0 Å². The summed E-state index contributed by atoms with van der Waals surface area (Å²) in [5.41, 5.74) is 7.04. The number of thiazole rings is 1. The Kier molecular flexibility index (Phi) is 6.98. The van der Waals surface area contributed by atoms with E-state index in [0.29, 0.717) is 28.5 Å². The van der Waals surface area contributed by atoms with Crippen LogP contribution in [-0.2, 0) is 6.54 Å². The van der Waals surface area contributed by atoms with Gasteiger partial charge in [0.1, 0.15) is 5.82 Å². The maximum atomic E-state index is 13.6. The summed E-state index contributed by atoms with van der Waals surface area (Å²) in [5.74, 6) is 0.699. The minimum Gasteiger partial charge on any atom is -0.369 e. The smallest absolute Gasteiger partial charge is 0.258 e. The number of aryl methyl sites for hydroxylation is 1. The van der Waals surface area contributed by atoms with Crippen molar-refractivity contribution in [3.63, 3.8) is 0 Å². The summed E-state index contributed by atoms with van der Waals surface area (Å²) in [6.45, 7) is 6.97. The molecule has 5 aromatic rings. The van der Waals surface area contributed by atoms with Crippen molar-refractivity contribution in [2.45, 2.75) is 32.4 Å². The monoisotopic (exact) mass is 582 g/mol. The third-order valence-electron chi connectivity index (χ3n) is 8.15. The van der Waals surface area contributed by atoms with E-state index in [4.69, 9.17) is 11.6 Å². The average Bonchev–Trinajstić information content (AvgIpc) is 3.71. The number of aromatic nitrogens is 3. The Labute approximate surface area is 248 Å². The summed E-state index contributed by atoms with van der Waals surface area (Å²) >= 11 is 8.26. The predicted molar refractivity (Wildman–Crippen MR) is 170 cm³/mol. The van der Waals surface area contributed by atoms with Crippen LogP contribution in [0.3, 0.4) is 0 Å². The Morgan fingerprint density at radius 3 is 2.46 bits per heavy atom. The highest BCUT2D eigenvalue weighted by Gasteiger charge is 2.31. The van der Waals surface area contributed by atoms with E-state index >= 15 is 0 Å². The number of benzene rings is 2. The van der Waals surface area contributed by atoms with Crippen molar-refractivity contribution in [1.82, 2.24) is 19.4 Å². The Bertz CT molecular complexity index is 1760. The lowest BCUT2D eigenvalue weighted by molar-refractivity contribution is 0.248. The molecule has 2 fully saturated rings. The second kappa shape index (κ2) is 10.9. The third kappa shape index (κ3) is 5.23. The summed E-state index contributed by atoms with van der Waals surface area (Å²) < 4.78 is 1.79. The lowest BCUT2D eigenvalue weighted by atomic mass is 10.0. The zero-order valence-electron chi connectivity index (χ0n) is 22.9. The van der Waals surface area contributed by atoms with Gasteiger partial charge in [-0.15, -0.1) is 11.3 Å². The number of hydrogen-bond acceptors (Lipinski definition) is 7. The fraction of sp³-hybridized carbons (Fsp3) is 0.281. The third-order valence-corrected chi connectivity index (χ3v) is 9.29. The Morgan fingerprint density at radius 2 is 1.78 bits per heavy atom. The van der Waals surface area contributed by atoms with Crippen LogP contribution in [0.2, 0.25) is 5.02 Å². The zero-order chi connectivity index (χ0) is 27.9. The Balaban J connectivity index is 1.13. The number of fused-ring (bicyclic) bond motifs is 1. The lowest BCUT2D eigenvalue weighted by Crippen LogP contribution is -2.47. The summed E-state index contributed by atoms with van der Waals surface area (Å²) in [6.07, 6.45) is 6.38. The van der Waals surface area contributed by atoms with E-state index in [1.54, 1.807) is 21.4 Å². The molecule has 1 aliphatic heterocycles.